The summed E-state index contributed by atoms with van der Waals surface area (Å²) in [6, 6.07) is 9.18. The number of carbonyl (C=O) groups is 1. The van der Waals surface area contributed by atoms with Crippen LogP contribution in [0.4, 0.5) is 0 Å². The van der Waals surface area contributed by atoms with Crippen molar-refractivity contribution in [3.63, 3.8) is 0 Å². The van der Waals surface area contributed by atoms with E-state index in [9.17, 15) is 18.0 Å². The van der Waals surface area contributed by atoms with Crippen LogP contribution in [-0.4, -0.2) is 26.4 Å². The lowest BCUT2D eigenvalue weighted by Gasteiger charge is -2.14. The van der Waals surface area contributed by atoms with Crippen LogP contribution in [-0.2, 0) is 27.8 Å². The molecule has 0 saturated carbocycles. The normalized spacial score (nSPS) is 11.2. The summed E-state index contributed by atoms with van der Waals surface area (Å²) in [7, 11) is -2.49. The maximum atomic E-state index is 11.9. The minimum atomic E-state index is -4.02. The Hall–Kier alpha value is -2.45. The molecule has 0 radical (unpaired) electrons. The van der Waals surface area contributed by atoms with Crippen LogP contribution in [0.15, 0.2) is 46.1 Å². The van der Waals surface area contributed by atoms with E-state index in [1.165, 1.54) is 7.11 Å². The zero-order chi connectivity index (χ0) is 17.0. The molecule has 0 unspecified atom stereocenters. The van der Waals surface area contributed by atoms with Crippen LogP contribution in [0.2, 0.25) is 0 Å². The van der Waals surface area contributed by atoms with Crippen LogP contribution in [0.3, 0.4) is 0 Å². The van der Waals surface area contributed by atoms with Gasteiger partial charge in [-0.2, -0.15) is 0 Å². The lowest BCUT2D eigenvalue weighted by Crippen LogP contribution is -2.28. The Morgan fingerprint density at radius 2 is 1.83 bits per heavy atom. The monoisotopic (exact) mass is 336 g/mol. The molecule has 8 heteroatoms. The Bertz CT molecular complexity index is 870. The van der Waals surface area contributed by atoms with E-state index in [2.05, 4.69) is 0 Å². The highest BCUT2D eigenvalue weighted by Gasteiger charge is 2.18. The molecule has 122 valence electrons. The number of pyridine rings is 1. The zero-order valence-corrected chi connectivity index (χ0v) is 13.2. The lowest BCUT2D eigenvalue weighted by molar-refractivity contribution is -0.108. The number of aromatic nitrogens is 1. The van der Waals surface area contributed by atoms with Gasteiger partial charge in [0, 0.05) is 18.2 Å². The molecule has 0 amide bonds. The van der Waals surface area contributed by atoms with E-state index in [1.807, 2.05) is 0 Å². The highest BCUT2D eigenvalue weighted by Crippen LogP contribution is 2.19. The summed E-state index contributed by atoms with van der Waals surface area (Å²) < 4.78 is 29.7. The first-order valence-electron chi connectivity index (χ1n) is 6.69. The number of nitrogens with zero attached hydrogens (tertiary/aromatic N) is 1. The number of aldehydes is 1. The quantitative estimate of drug-likeness (QED) is 0.763. The van der Waals surface area contributed by atoms with E-state index in [1.54, 1.807) is 24.3 Å². The Kier molecular flexibility index (Phi) is 4.97. The summed E-state index contributed by atoms with van der Waals surface area (Å²) in [5, 5.41) is 5.22. The minimum absolute atomic E-state index is 0.139. The number of benzene rings is 1. The van der Waals surface area contributed by atoms with Gasteiger partial charge in [0.2, 0.25) is 10.0 Å². The second kappa shape index (κ2) is 6.76. The predicted octanol–water partition coefficient (Wildman–Crippen LogP) is 0.294. The molecule has 2 rings (SSSR count). The average molecular weight is 336 g/mol. The molecule has 23 heavy (non-hydrogen) atoms. The van der Waals surface area contributed by atoms with Crippen molar-refractivity contribution in [2.24, 2.45) is 5.14 Å². The number of primary sulfonamides is 1. The molecule has 0 spiro atoms. The number of hydrogen-bond donors (Lipinski definition) is 1. The van der Waals surface area contributed by atoms with Crippen LogP contribution in [0.5, 0.6) is 5.75 Å². The SMILES string of the molecule is COc1ccc(Cc2c(S(N)(=O)=O)ccc(=O)n2CC=O)cc1. The minimum Gasteiger partial charge on any atom is -0.497 e. The van der Waals surface area contributed by atoms with Crippen molar-refractivity contribution in [3.8, 4) is 5.75 Å². The maximum Gasteiger partial charge on any atom is 0.251 e. The molecule has 0 atom stereocenters. The van der Waals surface area contributed by atoms with E-state index in [4.69, 9.17) is 9.88 Å². The van der Waals surface area contributed by atoms with Crippen LogP contribution in [0, 0.1) is 0 Å². The van der Waals surface area contributed by atoms with Gasteiger partial charge in [-0.15, -0.1) is 0 Å². The highest BCUT2D eigenvalue weighted by molar-refractivity contribution is 7.89. The van der Waals surface area contributed by atoms with E-state index in [-0.39, 0.29) is 23.6 Å². The van der Waals surface area contributed by atoms with Gasteiger partial charge < -0.3 is 14.1 Å². The first kappa shape index (κ1) is 16.9. The predicted molar refractivity (Wildman–Crippen MR) is 83.9 cm³/mol. The molecule has 0 bridgehead atoms. The first-order valence-corrected chi connectivity index (χ1v) is 8.23. The van der Waals surface area contributed by atoms with Crippen LogP contribution in [0.25, 0.3) is 0 Å². The average Bonchev–Trinajstić information content (AvgIpc) is 2.50. The fourth-order valence-corrected chi connectivity index (χ4v) is 3.02. The largest absolute Gasteiger partial charge is 0.497 e. The summed E-state index contributed by atoms with van der Waals surface area (Å²) in [5.74, 6) is 0.652. The molecule has 0 fully saturated rings. The molecule has 2 aromatic rings. The molecule has 2 N–H and O–H groups in total. The number of ether oxygens (including phenoxy) is 1. The topological polar surface area (TPSA) is 108 Å². The van der Waals surface area contributed by atoms with Crippen molar-refractivity contribution in [1.82, 2.24) is 4.57 Å². The highest BCUT2D eigenvalue weighted by atomic mass is 32.2. The van der Waals surface area contributed by atoms with E-state index < -0.39 is 15.6 Å². The fraction of sp³-hybridized carbons (Fsp3) is 0.200. The van der Waals surface area contributed by atoms with Gasteiger partial charge in [0.15, 0.2) is 0 Å². The lowest BCUT2D eigenvalue weighted by atomic mass is 10.1. The van der Waals surface area contributed by atoms with Gasteiger partial charge in [-0.25, -0.2) is 13.6 Å². The number of hydrogen-bond acceptors (Lipinski definition) is 5. The Balaban J connectivity index is 2.59. The van der Waals surface area contributed by atoms with Crippen molar-refractivity contribution < 1.29 is 17.9 Å². The molecule has 0 saturated heterocycles. The van der Waals surface area contributed by atoms with Crippen molar-refractivity contribution in [2.45, 2.75) is 17.9 Å². The molecule has 1 heterocycles. The van der Waals surface area contributed by atoms with E-state index in [0.717, 1.165) is 22.3 Å². The Morgan fingerprint density at radius 3 is 2.35 bits per heavy atom. The Morgan fingerprint density at radius 1 is 1.17 bits per heavy atom. The molecule has 7 nitrogen and oxygen atoms in total. The van der Waals surface area contributed by atoms with Gasteiger partial charge in [0.1, 0.15) is 16.9 Å². The molecule has 0 aliphatic rings. The van der Waals surface area contributed by atoms with Crippen molar-refractivity contribution in [1.29, 1.82) is 0 Å². The summed E-state index contributed by atoms with van der Waals surface area (Å²) >= 11 is 0. The third kappa shape index (κ3) is 3.85. The van der Waals surface area contributed by atoms with Crippen LogP contribution < -0.4 is 15.4 Å². The van der Waals surface area contributed by atoms with Crippen molar-refractivity contribution >= 4 is 16.3 Å². The number of rotatable bonds is 6. The first-order chi connectivity index (χ1) is 10.9. The van der Waals surface area contributed by atoms with Gasteiger partial charge in [-0.1, -0.05) is 12.1 Å². The third-order valence-corrected chi connectivity index (χ3v) is 4.33. The summed E-state index contributed by atoms with van der Waals surface area (Å²) in [5.41, 5.74) is 0.464. The summed E-state index contributed by atoms with van der Waals surface area (Å²) in [6.07, 6.45) is 0.672. The van der Waals surface area contributed by atoms with E-state index >= 15 is 0 Å². The molecule has 0 aliphatic heterocycles. The van der Waals surface area contributed by atoms with Gasteiger partial charge >= 0.3 is 0 Å². The fourth-order valence-electron chi connectivity index (χ4n) is 2.25. The number of methoxy groups -OCH3 is 1. The van der Waals surface area contributed by atoms with Gasteiger partial charge in [0.05, 0.1) is 13.7 Å². The summed E-state index contributed by atoms with van der Waals surface area (Å²) in [4.78, 5) is 22.6. The molecule has 1 aromatic carbocycles. The summed E-state index contributed by atoms with van der Waals surface area (Å²) in [6.45, 7) is -0.242. The van der Waals surface area contributed by atoms with E-state index in [0.29, 0.717) is 12.0 Å². The van der Waals surface area contributed by atoms with Crippen LogP contribution in [0.1, 0.15) is 11.3 Å². The van der Waals surface area contributed by atoms with Crippen molar-refractivity contribution in [3.05, 3.63) is 58.0 Å². The van der Waals surface area contributed by atoms with Gasteiger partial charge in [0.25, 0.3) is 5.56 Å². The molecule has 0 aliphatic carbocycles. The second-order valence-corrected chi connectivity index (χ2v) is 6.36. The van der Waals surface area contributed by atoms with Gasteiger partial charge in [-0.3, -0.25) is 4.79 Å². The van der Waals surface area contributed by atoms with Crippen molar-refractivity contribution in [2.75, 3.05) is 7.11 Å². The molecular weight excluding hydrogens is 320 g/mol. The number of carbonyl (C=O) groups excluding carboxylic acids is 1. The zero-order valence-electron chi connectivity index (χ0n) is 12.4. The molecular formula is C15H16N2O5S. The maximum absolute atomic E-state index is 11.9. The smallest absolute Gasteiger partial charge is 0.251 e. The number of sulfonamides is 1. The van der Waals surface area contributed by atoms with Gasteiger partial charge in [-0.05, 0) is 23.8 Å². The van der Waals surface area contributed by atoms with Crippen LogP contribution >= 0.6 is 0 Å². The molecule has 1 aromatic heterocycles. The second-order valence-electron chi connectivity index (χ2n) is 4.83. The Labute approximate surface area is 133 Å². The number of nitrogens with two attached hydrogens (primary N) is 1. The third-order valence-electron chi connectivity index (χ3n) is 3.35. The standard InChI is InChI=1S/C15H16N2O5S/c1-22-12-4-2-11(3-5-12)10-13-14(23(16,20)21)6-7-15(19)17(13)8-9-18/h2-7,9H,8,10H2,1H3,(H2,16,20,21).